The number of aliphatic imine (C=N–C) groups is 2. The molecule has 0 aromatic heterocycles. The summed E-state index contributed by atoms with van der Waals surface area (Å²) in [4.78, 5) is 10.2. The highest BCUT2D eigenvalue weighted by atomic mass is 15.4. The third-order valence-corrected chi connectivity index (χ3v) is 2.29. The topological polar surface area (TPSA) is 80.0 Å². The molecule has 1 heterocycles. The lowest BCUT2D eigenvalue weighted by Crippen LogP contribution is -2.54. The maximum absolute atomic E-state index is 5.80. The highest BCUT2D eigenvalue weighted by Gasteiger charge is 2.30. The molecular formula is C9H19N5. The van der Waals surface area contributed by atoms with E-state index in [1.54, 1.807) is 0 Å². The van der Waals surface area contributed by atoms with Crippen LogP contribution in [0.2, 0.25) is 0 Å². The predicted molar refractivity (Wildman–Crippen MR) is 58.9 cm³/mol. The number of guanidine groups is 2. The summed E-state index contributed by atoms with van der Waals surface area (Å²) < 4.78 is 0. The fourth-order valence-corrected chi connectivity index (χ4v) is 1.53. The predicted octanol–water partition coefficient (Wildman–Crippen LogP) is 0.468. The van der Waals surface area contributed by atoms with Crippen LogP contribution in [0.3, 0.4) is 0 Å². The van der Waals surface area contributed by atoms with Gasteiger partial charge in [-0.1, -0.05) is 13.3 Å². The largest absolute Gasteiger partial charge is 0.369 e. The van der Waals surface area contributed by atoms with Crippen LogP contribution >= 0.6 is 0 Å². The lowest BCUT2D eigenvalue weighted by molar-refractivity contribution is 0.215. The molecule has 4 N–H and O–H groups in total. The summed E-state index contributed by atoms with van der Waals surface area (Å²) in [7, 11) is 0. The molecule has 1 rings (SSSR count). The van der Waals surface area contributed by atoms with Crippen molar-refractivity contribution >= 4 is 11.9 Å². The molecule has 0 fully saturated rings. The Morgan fingerprint density at radius 2 is 2.00 bits per heavy atom. The Morgan fingerprint density at radius 3 is 2.50 bits per heavy atom. The van der Waals surface area contributed by atoms with E-state index in [2.05, 4.69) is 16.9 Å². The third-order valence-electron chi connectivity index (χ3n) is 2.29. The standard InChI is InChI=1S/C9H19N5/c1-4-5-6-14-8(11)12-7(10)13-9(14,2)3/h4-6H2,1-3H3,(H4,10,11,12,13). The lowest BCUT2D eigenvalue weighted by atomic mass is 10.2. The molecule has 0 bridgehead atoms. The minimum absolute atomic E-state index is 0.264. The fraction of sp³-hybridized carbons (Fsp3) is 0.778. The van der Waals surface area contributed by atoms with Crippen molar-refractivity contribution in [2.24, 2.45) is 21.5 Å². The van der Waals surface area contributed by atoms with Crippen LogP contribution in [0.5, 0.6) is 0 Å². The van der Waals surface area contributed by atoms with E-state index in [0.717, 1.165) is 19.4 Å². The maximum atomic E-state index is 5.80. The second kappa shape index (κ2) is 3.86. The van der Waals surface area contributed by atoms with E-state index in [-0.39, 0.29) is 11.6 Å². The zero-order valence-corrected chi connectivity index (χ0v) is 9.12. The molecule has 0 saturated carbocycles. The van der Waals surface area contributed by atoms with Gasteiger partial charge >= 0.3 is 0 Å². The molecular weight excluding hydrogens is 178 g/mol. The van der Waals surface area contributed by atoms with E-state index >= 15 is 0 Å². The molecule has 80 valence electrons. The van der Waals surface area contributed by atoms with Gasteiger partial charge in [-0.3, -0.25) is 0 Å². The van der Waals surface area contributed by atoms with Gasteiger partial charge in [0.15, 0.2) is 0 Å². The van der Waals surface area contributed by atoms with Gasteiger partial charge in [-0.2, -0.15) is 4.99 Å². The van der Waals surface area contributed by atoms with Crippen molar-refractivity contribution in [2.75, 3.05) is 6.54 Å². The van der Waals surface area contributed by atoms with Crippen LogP contribution in [-0.2, 0) is 0 Å². The van der Waals surface area contributed by atoms with Gasteiger partial charge in [0.1, 0.15) is 5.66 Å². The van der Waals surface area contributed by atoms with Gasteiger partial charge in [0.2, 0.25) is 11.9 Å². The molecule has 0 aliphatic carbocycles. The first-order chi connectivity index (χ1) is 6.47. The molecule has 0 aromatic carbocycles. The van der Waals surface area contributed by atoms with Crippen molar-refractivity contribution in [2.45, 2.75) is 39.3 Å². The molecule has 0 atom stereocenters. The highest BCUT2D eigenvalue weighted by Crippen LogP contribution is 2.19. The van der Waals surface area contributed by atoms with Crippen molar-refractivity contribution in [3.05, 3.63) is 0 Å². The average molecular weight is 197 g/mol. The van der Waals surface area contributed by atoms with E-state index in [4.69, 9.17) is 11.5 Å². The van der Waals surface area contributed by atoms with Crippen LogP contribution in [-0.4, -0.2) is 29.0 Å². The summed E-state index contributed by atoms with van der Waals surface area (Å²) in [6.45, 7) is 6.98. The second-order valence-corrected chi connectivity index (χ2v) is 3.94. The lowest BCUT2D eigenvalue weighted by Gasteiger charge is -2.38. The first-order valence-corrected chi connectivity index (χ1v) is 4.94. The van der Waals surface area contributed by atoms with Crippen molar-refractivity contribution in [3.8, 4) is 0 Å². The average Bonchev–Trinajstić information content (AvgIpc) is 2.00. The Hall–Kier alpha value is -1.26. The minimum Gasteiger partial charge on any atom is -0.369 e. The normalized spacial score (nSPS) is 20.4. The van der Waals surface area contributed by atoms with E-state index in [0.29, 0.717) is 5.96 Å². The zero-order chi connectivity index (χ0) is 10.8. The van der Waals surface area contributed by atoms with E-state index in [1.807, 2.05) is 18.7 Å². The number of unbranched alkanes of at least 4 members (excludes halogenated alkanes) is 1. The molecule has 5 heteroatoms. The van der Waals surface area contributed by atoms with Crippen LogP contribution in [0.4, 0.5) is 0 Å². The van der Waals surface area contributed by atoms with Gasteiger partial charge in [0.25, 0.3) is 0 Å². The number of hydrogen-bond acceptors (Lipinski definition) is 5. The molecule has 0 spiro atoms. The van der Waals surface area contributed by atoms with Gasteiger partial charge in [0.05, 0.1) is 0 Å². The van der Waals surface area contributed by atoms with Crippen molar-refractivity contribution in [3.63, 3.8) is 0 Å². The molecule has 1 aliphatic heterocycles. The maximum Gasteiger partial charge on any atom is 0.220 e. The van der Waals surface area contributed by atoms with E-state index < -0.39 is 0 Å². The number of nitrogens with two attached hydrogens (primary N) is 2. The highest BCUT2D eigenvalue weighted by molar-refractivity contribution is 5.95. The van der Waals surface area contributed by atoms with Gasteiger partial charge in [-0.05, 0) is 20.3 Å². The van der Waals surface area contributed by atoms with E-state index in [9.17, 15) is 0 Å². The van der Waals surface area contributed by atoms with Crippen LogP contribution < -0.4 is 11.5 Å². The van der Waals surface area contributed by atoms with Gasteiger partial charge in [-0.25, -0.2) is 4.99 Å². The summed E-state index contributed by atoms with van der Waals surface area (Å²) in [5, 5.41) is 0. The van der Waals surface area contributed by atoms with Crippen LogP contribution in [0.15, 0.2) is 9.98 Å². The van der Waals surface area contributed by atoms with Crippen molar-refractivity contribution in [1.82, 2.24) is 4.90 Å². The first kappa shape index (κ1) is 10.8. The number of rotatable bonds is 3. The quantitative estimate of drug-likeness (QED) is 0.690. The summed E-state index contributed by atoms with van der Waals surface area (Å²) in [6, 6.07) is 0. The molecule has 0 amide bonds. The molecule has 14 heavy (non-hydrogen) atoms. The monoisotopic (exact) mass is 197 g/mol. The summed E-state index contributed by atoms with van der Waals surface area (Å²) in [5.41, 5.74) is 11.0. The van der Waals surface area contributed by atoms with Crippen molar-refractivity contribution in [1.29, 1.82) is 0 Å². The minimum atomic E-state index is -0.370. The molecule has 1 aliphatic rings. The van der Waals surface area contributed by atoms with Crippen LogP contribution in [0, 0.1) is 0 Å². The second-order valence-electron chi connectivity index (χ2n) is 3.94. The molecule has 0 saturated heterocycles. The molecule has 0 unspecified atom stereocenters. The Kier molecular flexibility index (Phi) is 2.98. The Morgan fingerprint density at radius 1 is 1.36 bits per heavy atom. The first-order valence-electron chi connectivity index (χ1n) is 4.94. The summed E-state index contributed by atoms with van der Waals surface area (Å²) in [6.07, 6.45) is 2.20. The summed E-state index contributed by atoms with van der Waals surface area (Å²) in [5.74, 6) is 0.733. The number of nitrogens with zero attached hydrogens (tertiary/aromatic N) is 3. The van der Waals surface area contributed by atoms with Crippen LogP contribution in [0.25, 0.3) is 0 Å². The smallest absolute Gasteiger partial charge is 0.220 e. The summed E-state index contributed by atoms with van der Waals surface area (Å²) >= 11 is 0. The van der Waals surface area contributed by atoms with E-state index in [1.165, 1.54) is 0 Å². The number of hydrogen-bond donors (Lipinski definition) is 2. The SMILES string of the molecule is CCCCN1C(N)=NC(N)=NC1(C)C. The van der Waals surface area contributed by atoms with Gasteiger partial charge in [0, 0.05) is 6.54 Å². The van der Waals surface area contributed by atoms with Gasteiger partial charge in [-0.15, -0.1) is 0 Å². The van der Waals surface area contributed by atoms with Crippen molar-refractivity contribution < 1.29 is 0 Å². The fourth-order valence-electron chi connectivity index (χ4n) is 1.53. The van der Waals surface area contributed by atoms with Crippen LogP contribution in [0.1, 0.15) is 33.6 Å². The Labute approximate surface area is 84.9 Å². The molecule has 0 aromatic rings. The van der Waals surface area contributed by atoms with Gasteiger partial charge < -0.3 is 16.4 Å². The third kappa shape index (κ3) is 2.16. The Bertz CT molecular complexity index is 266. The molecule has 0 radical (unpaired) electrons. The Balaban J connectivity index is 2.79. The molecule has 5 nitrogen and oxygen atoms in total. The zero-order valence-electron chi connectivity index (χ0n) is 9.12.